The molecule has 1 unspecified atom stereocenters. The minimum absolute atomic E-state index is 0.422. The molecule has 0 bridgehead atoms. The molecule has 0 saturated heterocycles. The van der Waals surface area contributed by atoms with Gasteiger partial charge in [-0.25, -0.2) is 9.59 Å². The number of hydrogen-bond acceptors (Lipinski definition) is 6. The molecular formula is C16H14N2O4. The Morgan fingerprint density at radius 3 is 2.50 bits per heavy atom. The second-order valence-electron chi connectivity index (χ2n) is 4.45. The number of aliphatic imine (C=N–C) groups is 2. The molecule has 0 aliphatic heterocycles. The molecule has 1 aromatic rings. The van der Waals surface area contributed by atoms with Gasteiger partial charge in [0.2, 0.25) is 17.9 Å². The molecule has 0 amide bonds. The highest BCUT2D eigenvalue weighted by molar-refractivity contribution is 5.81. The number of carbonyl (C=O) groups excluding carboxylic acids is 2. The van der Waals surface area contributed by atoms with Gasteiger partial charge in [0.05, 0.1) is 5.69 Å². The Labute approximate surface area is 127 Å². The first-order valence-electron chi connectivity index (χ1n) is 6.46. The van der Waals surface area contributed by atoms with Crippen LogP contribution in [0, 0.1) is 0 Å². The van der Waals surface area contributed by atoms with Crippen molar-refractivity contribution in [3.8, 4) is 0 Å². The summed E-state index contributed by atoms with van der Waals surface area (Å²) in [5.74, 6) is -1.22. The van der Waals surface area contributed by atoms with Crippen LogP contribution in [0.3, 0.4) is 0 Å². The summed E-state index contributed by atoms with van der Waals surface area (Å²) >= 11 is 0. The monoisotopic (exact) mass is 298 g/mol. The fourth-order valence-electron chi connectivity index (χ4n) is 2.44. The summed E-state index contributed by atoms with van der Waals surface area (Å²) in [5, 5.41) is 0. The minimum Gasteiger partial charge on any atom is -0.348 e. The molecule has 6 heteroatoms. The number of benzene rings is 1. The van der Waals surface area contributed by atoms with Crippen molar-refractivity contribution in [1.29, 1.82) is 0 Å². The summed E-state index contributed by atoms with van der Waals surface area (Å²) in [6.45, 7) is 0. The maximum absolute atomic E-state index is 10.8. The van der Waals surface area contributed by atoms with E-state index in [1.165, 1.54) is 20.3 Å². The number of ether oxygens (including phenoxy) is 2. The van der Waals surface area contributed by atoms with E-state index in [-0.39, 0.29) is 0 Å². The fourth-order valence-corrected chi connectivity index (χ4v) is 2.44. The van der Waals surface area contributed by atoms with Crippen LogP contribution in [-0.4, -0.2) is 38.2 Å². The van der Waals surface area contributed by atoms with Crippen LogP contribution in [0.4, 0.5) is 5.69 Å². The SMILES string of the molecule is COC1(OC)C=CC=C(c2ccccc2N=C=O)C1N=C=O. The van der Waals surface area contributed by atoms with Crippen LogP contribution >= 0.6 is 0 Å². The number of isocyanates is 2. The predicted molar refractivity (Wildman–Crippen MR) is 80.0 cm³/mol. The average molecular weight is 298 g/mol. The van der Waals surface area contributed by atoms with Gasteiger partial charge >= 0.3 is 0 Å². The number of nitrogens with zero attached hydrogens (tertiary/aromatic N) is 2. The molecule has 1 aliphatic carbocycles. The molecule has 0 saturated carbocycles. The summed E-state index contributed by atoms with van der Waals surface area (Å²) < 4.78 is 10.8. The van der Waals surface area contributed by atoms with E-state index in [0.717, 1.165) is 0 Å². The number of para-hydroxylation sites is 1. The third-order valence-electron chi connectivity index (χ3n) is 3.48. The minimum atomic E-state index is -1.22. The van der Waals surface area contributed by atoms with Crippen LogP contribution in [0.1, 0.15) is 5.56 Å². The number of hydrogen-bond donors (Lipinski definition) is 0. The van der Waals surface area contributed by atoms with Crippen molar-refractivity contribution in [2.45, 2.75) is 11.8 Å². The van der Waals surface area contributed by atoms with E-state index in [4.69, 9.17) is 9.47 Å². The van der Waals surface area contributed by atoms with Crippen LogP contribution in [0.2, 0.25) is 0 Å². The maximum Gasteiger partial charge on any atom is 0.240 e. The van der Waals surface area contributed by atoms with E-state index in [2.05, 4.69) is 9.98 Å². The lowest BCUT2D eigenvalue weighted by molar-refractivity contribution is -0.174. The van der Waals surface area contributed by atoms with Crippen molar-refractivity contribution in [2.75, 3.05) is 14.2 Å². The molecule has 112 valence electrons. The highest BCUT2D eigenvalue weighted by atomic mass is 16.7. The summed E-state index contributed by atoms with van der Waals surface area (Å²) in [6.07, 6.45) is 8.22. The first-order chi connectivity index (χ1) is 10.7. The lowest BCUT2D eigenvalue weighted by Crippen LogP contribution is -2.45. The second-order valence-corrected chi connectivity index (χ2v) is 4.45. The summed E-state index contributed by atoms with van der Waals surface area (Å²) in [4.78, 5) is 28.9. The first-order valence-corrected chi connectivity index (χ1v) is 6.46. The Bertz CT molecular complexity index is 707. The molecule has 1 atom stereocenters. The van der Waals surface area contributed by atoms with Gasteiger partial charge in [-0.3, -0.25) is 0 Å². The van der Waals surface area contributed by atoms with Crippen molar-refractivity contribution < 1.29 is 19.1 Å². The van der Waals surface area contributed by atoms with E-state index < -0.39 is 11.8 Å². The standard InChI is InChI=1S/C16H14N2O4/c1-21-16(22-2)9-5-7-13(15(16)18-11-20)12-6-3-4-8-14(12)17-10-19/h3-9,15H,1-2H3. The van der Waals surface area contributed by atoms with Crippen molar-refractivity contribution in [3.05, 3.63) is 48.1 Å². The van der Waals surface area contributed by atoms with Gasteiger partial charge in [-0.1, -0.05) is 30.4 Å². The molecular weight excluding hydrogens is 284 g/mol. The van der Waals surface area contributed by atoms with Gasteiger partial charge in [-0.05, 0) is 17.7 Å². The molecule has 0 aromatic heterocycles. The van der Waals surface area contributed by atoms with Gasteiger partial charge in [0.25, 0.3) is 0 Å². The lowest BCUT2D eigenvalue weighted by Gasteiger charge is -2.36. The number of rotatable bonds is 5. The third-order valence-corrected chi connectivity index (χ3v) is 3.48. The quantitative estimate of drug-likeness (QED) is 0.475. The maximum atomic E-state index is 10.8. The highest BCUT2D eigenvalue weighted by Crippen LogP contribution is 2.38. The Morgan fingerprint density at radius 1 is 1.14 bits per heavy atom. The molecule has 0 spiro atoms. The Balaban J connectivity index is 2.63. The van der Waals surface area contributed by atoms with Gasteiger partial charge < -0.3 is 9.47 Å². The van der Waals surface area contributed by atoms with Gasteiger partial charge in [0, 0.05) is 19.8 Å². The predicted octanol–water partition coefficient (Wildman–Crippen LogP) is 2.30. The Kier molecular flexibility index (Phi) is 4.94. The van der Waals surface area contributed by atoms with E-state index in [1.807, 2.05) is 0 Å². The van der Waals surface area contributed by atoms with Crippen LogP contribution in [0.5, 0.6) is 0 Å². The topological polar surface area (TPSA) is 77.3 Å². The van der Waals surface area contributed by atoms with Gasteiger partial charge in [-0.15, -0.1) is 0 Å². The Morgan fingerprint density at radius 2 is 1.86 bits per heavy atom. The molecule has 0 radical (unpaired) electrons. The van der Waals surface area contributed by atoms with E-state index in [9.17, 15) is 9.59 Å². The molecule has 6 nitrogen and oxygen atoms in total. The van der Waals surface area contributed by atoms with E-state index in [0.29, 0.717) is 16.8 Å². The molecule has 2 rings (SSSR count). The third kappa shape index (κ3) is 2.72. The molecule has 1 aliphatic rings. The van der Waals surface area contributed by atoms with Gasteiger partial charge in [0.15, 0.2) is 0 Å². The van der Waals surface area contributed by atoms with Crippen molar-refractivity contribution in [2.24, 2.45) is 9.98 Å². The largest absolute Gasteiger partial charge is 0.348 e. The number of allylic oxidation sites excluding steroid dienone is 2. The van der Waals surface area contributed by atoms with E-state index >= 15 is 0 Å². The van der Waals surface area contributed by atoms with Crippen LogP contribution < -0.4 is 0 Å². The second kappa shape index (κ2) is 6.89. The fraction of sp³-hybridized carbons (Fsp3) is 0.250. The lowest BCUT2D eigenvalue weighted by atomic mass is 9.87. The molecule has 0 fully saturated rings. The molecule has 0 heterocycles. The summed E-state index contributed by atoms with van der Waals surface area (Å²) in [5.41, 5.74) is 1.69. The van der Waals surface area contributed by atoms with Gasteiger partial charge in [0.1, 0.15) is 6.04 Å². The first kappa shape index (κ1) is 15.8. The highest BCUT2D eigenvalue weighted by Gasteiger charge is 2.42. The zero-order chi connectivity index (χ0) is 16.0. The molecule has 22 heavy (non-hydrogen) atoms. The van der Waals surface area contributed by atoms with Crippen molar-refractivity contribution >= 4 is 23.4 Å². The summed E-state index contributed by atoms with van der Waals surface area (Å²) in [6, 6.07) is 6.21. The van der Waals surface area contributed by atoms with Crippen molar-refractivity contribution in [1.82, 2.24) is 0 Å². The van der Waals surface area contributed by atoms with Crippen LogP contribution in [0.15, 0.2) is 52.5 Å². The molecule has 0 N–H and O–H groups in total. The van der Waals surface area contributed by atoms with E-state index in [1.54, 1.807) is 48.6 Å². The summed E-state index contributed by atoms with van der Waals surface area (Å²) in [7, 11) is 2.92. The van der Waals surface area contributed by atoms with Crippen LogP contribution in [-0.2, 0) is 19.1 Å². The normalized spacial score (nSPS) is 18.8. The zero-order valence-electron chi connectivity index (χ0n) is 12.1. The van der Waals surface area contributed by atoms with Gasteiger partial charge in [-0.2, -0.15) is 9.98 Å². The average Bonchev–Trinajstić information content (AvgIpc) is 2.56. The number of methoxy groups -OCH3 is 2. The smallest absolute Gasteiger partial charge is 0.240 e. The Hall–Kier alpha value is -2.62. The van der Waals surface area contributed by atoms with Crippen molar-refractivity contribution in [3.63, 3.8) is 0 Å². The molecule has 1 aromatic carbocycles. The zero-order valence-corrected chi connectivity index (χ0v) is 12.1. The van der Waals surface area contributed by atoms with Crippen LogP contribution in [0.25, 0.3) is 5.57 Å².